The second-order valence-electron chi connectivity index (χ2n) is 4.93. The number of carboxylic acids is 1. The number of fused-ring (bicyclic) bond motifs is 2. The summed E-state index contributed by atoms with van der Waals surface area (Å²) in [6.45, 7) is 1.86. The molecule has 4 heteroatoms. The molecule has 3 nitrogen and oxygen atoms in total. The Morgan fingerprint density at radius 3 is 2.65 bits per heavy atom. The fourth-order valence-electron chi connectivity index (χ4n) is 2.66. The van der Waals surface area contributed by atoms with Crippen molar-refractivity contribution in [2.75, 3.05) is 0 Å². The molecule has 3 rings (SSSR count). The van der Waals surface area contributed by atoms with Crippen LogP contribution in [0, 0.1) is 6.92 Å². The third kappa shape index (κ3) is 2.06. The number of rotatable bonds is 1. The summed E-state index contributed by atoms with van der Waals surface area (Å²) in [6, 6.07) is 10.7. The first kappa shape index (κ1) is 13.1. The van der Waals surface area contributed by atoms with E-state index in [0.717, 1.165) is 34.4 Å². The van der Waals surface area contributed by atoms with Crippen LogP contribution in [-0.2, 0) is 23.6 Å². The van der Waals surface area contributed by atoms with Crippen molar-refractivity contribution >= 4 is 16.8 Å². The van der Waals surface area contributed by atoms with E-state index in [2.05, 4.69) is 0 Å². The van der Waals surface area contributed by atoms with Crippen LogP contribution in [0.3, 0.4) is 0 Å². The fraction of sp³-hybridized carbons (Fsp3) is 0.188. The zero-order chi connectivity index (χ0) is 14.3. The molecule has 1 aliphatic heterocycles. The summed E-state index contributed by atoms with van der Waals surface area (Å²) >= 11 is 0. The van der Waals surface area contributed by atoms with E-state index in [1.165, 1.54) is 6.07 Å². The standard InChI is InChI=1S/C16H14O3S/c1-10-8-12(16(17)18)9-15-13(10)7-6-11-4-2-3-5-14(11)20(15)19/h2-5,8-9H,6-7H2,1H3,(H,17,18)/p-1. The molecular formula is C16H13O3S-. The van der Waals surface area contributed by atoms with Gasteiger partial charge in [0.25, 0.3) is 0 Å². The molecule has 0 amide bonds. The first-order valence-corrected chi connectivity index (χ1v) is 7.57. The molecule has 2 aromatic rings. The maximum Gasteiger partial charge on any atom is 0.0855 e. The van der Waals surface area contributed by atoms with Crippen molar-refractivity contribution in [2.24, 2.45) is 0 Å². The van der Waals surface area contributed by atoms with Crippen LogP contribution >= 0.6 is 0 Å². The van der Waals surface area contributed by atoms with Crippen molar-refractivity contribution < 1.29 is 14.1 Å². The highest BCUT2D eigenvalue weighted by Gasteiger charge is 2.21. The Balaban J connectivity index is 2.24. The monoisotopic (exact) mass is 285 g/mol. The zero-order valence-electron chi connectivity index (χ0n) is 11.0. The lowest BCUT2D eigenvalue weighted by molar-refractivity contribution is -0.255. The van der Waals surface area contributed by atoms with Gasteiger partial charge in [0, 0.05) is 9.79 Å². The molecule has 0 saturated heterocycles. The summed E-state index contributed by atoms with van der Waals surface area (Å²) in [5, 5.41) is 11.1. The number of hydrogen-bond acceptors (Lipinski definition) is 3. The van der Waals surface area contributed by atoms with Gasteiger partial charge in [-0.05, 0) is 60.2 Å². The zero-order valence-corrected chi connectivity index (χ0v) is 11.8. The highest BCUT2D eigenvalue weighted by atomic mass is 32.2. The van der Waals surface area contributed by atoms with Crippen molar-refractivity contribution in [1.29, 1.82) is 0 Å². The van der Waals surface area contributed by atoms with Crippen LogP contribution in [0.2, 0.25) is 0 Å². The van der Waals surface area contributed by atoms with Gasteiger partial charge in [0.05, 0.1) is 16.8 Å². The minimum Gasteiger partial charge on any atom is -0.545 e. The maximum absolute atomic E-state index is 12.8. The average molecular weight is 285 g/mol. The number of benzene rings is 2. The Kier molecular flexibility index (Phi) is 3.18. The molecule has 1 atom stereocenters. The first-order chi connectivity index (χ1) is 9.58. The molecule has 0 bridgehead atoms. The van der Waals surface area contributed by atoms with Crippen LogP contribution in [0.15, 0.2) is 46.2 Å². The predicted octanol–water partition coefficient (Wildman–Crippen LogP) is 1.62. The number of carbonyl (C=O) groups excluding carboxylic acids is 1. The molecule has 0 aliphatic carbocycles. The van der Waals surface area contributed by atoms with E-state index in [-0.39, 0.29) is 5.56 Å². The van der Waals surface area contributed by atoms with Crippen LogP contribution in [0.5, 0.6) is 0 Å². The second kappa shape index (κ2) is 4.87. The molecule has 2 aromatic carbocycles. The maximum atomic E-state index is 12.8. The van der Waals surface area contributed by atoms with Gasteiger partial charge < -0.3 is 9.90 Å². The summed E-state index contributed by atoms with van der Waals surface area (Å²) in [4.78, 5) is 12.5. The lowest BCUT2D eigenvalue weighted by Crippen LogP contribution is -2.22. The number of carbonyl (C=O) groups is 1. The Morgan fingerprint density at radius 2 is 1.90 bits per heavy atom. The van der Waals surface area contributed by atoms with Crippen molar-refractivity contribution in [3.05, 3.63) is 58.7 Å². The summed E-state index contributed by atoms with van der Waals surface area (Å²) in [7, 11) is -1.34. The highest BCUT2D eigenvalue weighted by Crippen LogP contribution is 2.31. The topological polar surface area (TPSA) is 57.2 Å². The third-order valence-electron chi connectivity index (χ3n) is 3.68. The normalized spacial score (nSPS) is 16.9. The van der Waals surface area contributed by atoms with Gasteiger partial charge in [0.15, 0.2) is 0 Å². The van der Waals surface area contributed by atoms with Crippen LogP contribution < -0.4 is 5.11 Å². The van der Waals surface area contributed by atoms with Crippen LogP contribution in [0.25, 0.3) is 0 Å². The van der Waals surface area contributed by atoms with Crippen molar-refractivity contribution in [3.63, 3.8) is 0 Å². The van der Waals surface area contributed by atoms with Crippen LogP contribution in [0.4, 0.5) is 0 Å². The number of hydrogen-bond donors (Lipinski definition) is 0. The Hall–Kier alpha value is -1.94. The van der Waals surface area contributed by atoms with Gasteiger partial charge in [-0.3, -0.25) is 0 Å². The molecule has 1 heterocycles. The van der Waals surface area contributed by atoms with Crippen molar-refractivity contribution in [2.45, 2.75) is 29.6 Å². The summed E-state index contributed by atoms with van der Waals surface area (Å²) in [5.41, 5.74) is 3.01. The lowest BCUT2D eigenvalue weighted by Gasteiger charge is -2.12. The Morgan fingerprint density at radius 1 is 1.15 bits per heavy atom. The van der Waals surface area contributed by atoms with E-state index in [1.54, 1.807) is 6.07 Å². The Bertz CT molecular complexity index is 734. The largest absolute Gasteiger partial charge is 0.545 e. The number of aryl methyl sites for hydroxylation is 2. The number of aromatic carboxylic acids is 1. The van der Waals surface area contributed by atoms with E-state index in [1.807, 2.05) is 31.2 Å². The molecular weight excluding hydrogens is 272 g/mol. The number of carboxylic acid groups (broad SMARTS) is 1. The second-order valence-corrected chi connectivity index (χ2v) is 6.35. The van der Waals surface area contributed by atoms with Gasteiger partial charge in [-0.2, -0.15) is 0 Å². The minimum absolute atomic E-state index is 0.0916. The molecule has 20 heavy (non-hydrogen) atoms. The van der Waals surface area contributed by atoms with E-state index in [9.17, 15) is 14.1 Å². The molecule has 1 unspecified atom stereocenters. The van der Waals surface area contributed by atoms with Gasteiger partial charge >= 0.3 is 0 Å². The van der Waals surface area contributed by atoms with Gasteiger partial charge in [-0.25, -0.2) is 4.21 Å². The van der Waals surface area contributed by atoms with Crippen LogP contribution in [-0.4, -0.2) is 10.2 Å². The molecule has 0 spiro atoms. The molecule has 0 fully saturated rings. The fourth-order valence-corrected chi connectivity index (χ4v) is 4.23. The van der Waals surface area contributed by atoms with Crippen molar-refractivity contribution in [1.82, 2.24) is 0 Å². The van der Waals surface area contributed by atoms with Gasteiger partial charge in [-0.1, -0.05) is 18.2 Å². The van der Waals surface area contributed by atoms with E-state index in [0.29, 0.717) is 4.90 Å². The summed E-state index contributed by atoms with van der Waals surface area (Å²) in [5.74, 6) is -1.23. The molecule has 0 N–H and O–H groups in total. The molecule has 0 radical (unpaired) electrons. The lowest BCUT2D eigenvalue weighted by atomic mass is 9.99. The van der Waals surface area contributed by atoms with Gasteiger partial charge in [0.1, 0.15) is 0 Å². The quantitative estimate of drug-likeness (QED) is 0.800. The van der Waals surface area contributed by atoms with Gasteiger partial charge in [-0.15, -0.1) is 0 Å². The SMILES string of the molecule is Cc1cc(C(=O)[O-])cc2c1CCc1ccccc1S2=O. The molecule has 102 valence electrons. The highest BCUT2D eigenvalue weighted by molar-refractivity contribution is 7.85. The van der Waals surface area contributed by atoms with Crippen molar-refractivity contribution in [3.8, 4) is 0 Å². The average Bonchev–Trinajstić information content (AvgIpc) is 2.58. The first-order valence-electron chi connectivity index (χ1n) is 6.42. The van der Waals surface area contributed by atoms with E-state index < -0.39 is 16.8 Å². The molecule has 0 aromatic heterocycles. The minimum atomic E-state index is -1.34. The van der Waals surface area contributed by atoms with Crippen LogP contribution in [0.1, 0.15) is 27.0 Å². The Labute approximate surface area is 119 Å². The molecule has 0 saturated carbocycles. The molecule has 1 aliphatic rings. The van der Waals surface area contributed by atoms with E-state index >= 15 is 0 Å². The summed E-state index contributed by atoms with van der Waals surface area (Å²) in [6.07, 6.45) is 1.59. The summed E-state index contributed by atoms with van der Waals surface area (Å²) < 4.78 is 12.8. The van der Waals surface area contributed by atoms with E-state index in [4.69, 9.17) is 0 Å². The van der Waals surface area contributed by atoms with Gasteiger partial charge in [0.2, 0.25) is 0 Å². The third-order valence-corrected chi connectivity index (χ3v) is 5.25. The smallest absolute Gasteiger partial charge is 0.0855 e. The predicted molar refractivity (Wildman–Crippen MR) is 74.0 cm³/mol.